The van der Waals surface area contributed by atoms with E-state index in [2.05, 4.69) is 20.8 Å². The molecule has 0 radical (unpaired) electrons. The van der Waals surface area contributed by atoms with Crippen LogP contribution in [0.2, 0.25) is 0 Å². The lowest BCUT2D eigenvalue weighted by Crippen LogP contribution is -2.20. The predicted octanol–water partition coefficient (Wildman–Crippen LogP) is 2.77. The molecule has 0 spiro atoms. The Morgan fingerprint density at radius 3 is 2.96 bits per heavy atom. The summed E-state index contributed by atoms with van der Waals surface area (Å²) in [7, 11) is 0. The Kier molecular flexibility index (Phi) is 4.51. The summed E-state index contributed by atoms with van der Waals surface area (Å²) in [4.78, 5) is 24.2. The number of rotatable bonds is 5. The molecule has 27 heavy (non-hydrogen) atoms. The van der Waals surface area contributed by atoms with Crippen molar-refractivity contribution < 1.29 is 9.21 Å². The third-order valence-corrected chi connectivity index (χ3v) is 4.93. The highest BCUT2D eigenvalue weighted by atomic mass is 32.1. The zero-order valence-corrected chi connectivity index (χ0v) is 15.1. The molecule has 8 nitrogen and oxygen atoms in total. The molecule has 1 amide bonds. The van der Waals surface area contributed by atoms with Crippen molar-refractivity contribution in [3.05, 3.63) is 69.0 Å². The first kappa shape index (κ1) is 17.1. The van der Waals surface area contributed by atoms with Crippen molar-refractivity contribution in [3.8, 4) is 0 Å². The number of hydrogen-bond donors (Lipinski definition) is 1. The number of anilines is 1. The molecule has 0 aliphatic rings. The second-order valence-electron chi connectivity index (χ2n) is 6.07. The van der Waals surface area contributed by atoms with Crippen LogP contribution in [0, 0.1) is 6.92 Å². The lowest BCUT2D eigenvalue weighted by molar-refractivity contribution is -0.116. The second kappa shape index (κ2) is 7.12. The maximum Gasteiger partial charge on any atom is 0.336 e. The second-order valence-corrected chi connectivity index (χ2v) is 6.85. The fourth-order valence-corrected chi connectivity index (χ4v) is 3.64. The number of carbonyl (C=O) groups excluding carboxylic acids is 1. The van der Waals surface area contributed by atoms with Gasteiger partial charge in [0, 0.05) is 23.2 Å². The lowest BCUT2D eigenvalue weighted by Gasteiger charge is -2.15. The molecule has 0 unspecified atom stereocenters. The Morgan fingerprint density at radius 1 is 1.33 bits per heavy atom. The van der Waals surface area contributed by atoms with Crippen molar-refractivity contribution in [2.45, 2.75) is 19.4 Å². The smallest absolute Gasteiger partial charge is 0.336 e. The number of nitrogens with one attached hydrogen (secondary N) is 1. The number of carbonyl (C=O) groups is 1. The van der Waals surface area contributed by atoms with Gasteiger partial charge in [-0.05, 0) is 57.4 Å². The van der Waals surface area contributed by atoms with Gasteiger partial charge in [0.1, 0.15) is 11.9 Å². The first-order valence-corrected chi connectivity index (χ1v) is 9.13. The number of benzene rings is 1. The van der Waals surface area contributed by atoms with Gasteiger partial charge in [-0.2, -0.15) is 11.3 Å². The van der Waals surface area contributed by atoms with E-state index in [1.807, 2.05) is 29.8 Å². The highest BCUT2D eigenvalue weighted by Gasteiger charge is 2.20. The SMILES string of the molecule is Cc1cc(=O)oc2cc(NC(=O)C[C@H](c3ccsc3)n3cnnn3)ccc12. The van der Waals surface area contributed by atoms with Crippen LogP contribution in [0.3, 0.4) is 0 Å². The van der Waals surface area contributed by atoms with Crippen molar-refractivity contribution in [2.75, 3.05) is 5.32 Å². The van der Waals surface area contributed by atoms with E-state index in [1.54, 1.807) is 28.2 Å². The number of amides is 1. The van der Waals surface area contributed by atoms with Gasteiger partial charge in [0.05, 0.1) is 12.5 Å². The summed E-state index contributed by atoms with van der Waals surface area (Å²) in [6.45, 7) is 1.84. The van der Waals surface area contributed by atoms with E-state index in [1.165, 1.54) is 12.4 Å². The molecule has 9 heteroatoms. The van der Waals surface area contributed by atoms with Gasteiger partial charge in [0.15, 0.2) is 0 Å². The fraction of sp³-hybridized carbons (Fsp3) is 0.167. The molecule has 0 bridgehead atoms. The molecule has 136 valence electrons. The molecule has 1 atom stereocenters. The Bertz CT molecular complexity index is 1100. The summed E-state index contributed by atoms with van der Waals surface area (Å²) in [6.07, 6.45) is 1.65. The summed E-state index contributed by atoms with van der Waals surface area (Å²) < 4.78 is 6.79. The van der Waals surface area contributed by atoms with Crippen LogP contribution < -0.4 is 10.9 Å². The first-order valence-electron chi connectivity index (χ1n) is 8.19. The molecule has 0 aliphatic heterocycles. The van der Waals surface area contributed by atoms with E-state index >= 15 is 0 Å². The molecular formula is C18H15N5O3S. The van der Waals surface area contributed by atoms with Gasteiger partial charge in [-0.25, -0.2) is 9.48 Å². The number of hydrogen-bond acceptors (Lipinski definition) is 7. The summed E-state index contributed by atoms with van der Waals surface area (Å²) in [5.41, 5.74) is 2.37. The topological polar surface area (TPSA) is 103 Å². The average molecular weight is 381 g/mol. The van der Waals surface area contributed by atoms with E-state index in [9.17, 15) is 9.59 Å². The summed E-state index contributed by atoms with van der Waals surface area (Å²) >= 11 is 1.54. The minimum atomic E-state index is -0.417. The summed E-state index contributed by atoms with van der Waals surface area (Å²) in [5, 5.41) is 18.8. The standard InChI is InChI=1S/C18H15N5O3S/c1-11-6-18(25)26-16-7-13(2-3-14(11)16)20-17(24)8-15(12-4-5-27-9-12)23-10-19-21-22-23/h2-7,9-10,15H,8H2,1H3,(H,20,24)/t15-/m1/s1. The largest absolute Gasteiger partial charge is 0.423 e. The Morgan fingerprint density at radius 2 is 2.22 bits per heavy atom. The molecule has 3 aromatic heterocycles. The molecule has 0 aliphatic carbocycles. The van der Waals surface area contributed by atoms with Gasteiger partial charge >= 0.3 is 5.63 Å². The molecular weight excluding hydrogens is 366 g/mol. The van der Waals surface area contributed by atoms with Crippen molar-refractivity contribution >= 4 is 33.9 Å². The van der Waals surface area contributed by atoms with Crippen molar-refractivity contribution in [2.24, 2.45) is 0 Å². The highest BCUT2D eigenvalue weighted by Crippen LogP contribution is 2.25. The van der Waals surface area contributed by atoms with E-state index in [0.717, 1.165) is 16.5 Å². The zero-order chi connectivity index (χ0) is 18.8. The monoisotopic (exact) mass is 381 g/mol. The van der Waals surface area contributed by atoms with Gasteiger partial charge in [-0.15, -0.1) is 5.10 Å². The molecule has 4 aromatic rings. The molecule has 4 rings (SSSR count). The third-order valence-electron chi connectivity index (χ3n) is 4.23. The van der Waals surface area contributed by atoms with Gasteiger partial charge < -0.3 is 9.73 Å². The zero-order valence-electron chi connectivity index (χ0n) is 14.3. The summed E-state index contributed by atoms with van der Waals surface area (Å²) in [6, 6.07) is 8.34. The number of aromatic nitrogens is 4. The quantitative estimate of drug-likeness (QED) is 0.533. The number of nitrogens with zero attached hydrogens (tertiary/aromatic N) is 4. The fourth-order valence-electron chi connectivity index (χ4n) is 2.93. The van der Waals surface area contributed by atoms with E-state index < -0.39 is 5.63 Å². The van der Waals surface area contributed by atoms with Gasteiger partial charge in [-0.1, -0.05) is 0 Å². The van der Waals surface area contributed by atoms with Crippen LogP contribution in [0.25, 0.3) is 11.0 Å². The van der Waals surface area contributed by atoms with E-state index in [4.69, 9.17) is 4.42 Å². The molecule has 0 saturated carbocycles. The van der Waals surface area contributed by atoms with Gasteiger partial charge in [-0.3, -0.25) is 4.79 Å². The summed E-state index contributed by atoms with van der Waals surface area (Å²) in [5.74, 6) is -0.198. The van der Waals surface area contributed by atoms with Crippen LogP contribution >= 0.6 is 11.3 Å². The van der Waals surface area contributed by atoms with Crippen LogP contribution in [0.15, 0.2) is 56.6 Å². The normalized spacial score (nSPS) is 12.2. The number of thiophene rings is 1. The van der Waals surface area contributed by atoms with Crippen LogP contribution in [0.1, 0.15) is 23.6 Å². The van der Waals surface area contributed by atoms with Crippen LogP contribution in [-0.2, 0) is 4.79 Å². The highest BCUT2D eigenvalue weighted by molar-refractivity contribution is 7.08. The molecule has 0 fully saturated rings. The molecule has 0 saturated heterocycles. The van der Waals surface area contributed by atoms with Crippen molar-refractivity contribution in [1.82, 2.24) is 20.2 Å². The third kappa shape index (κ3) is 3.63. The molecule has 3 heterocycles. The van der Waals surface area contributed by atoms with Crippen LogP contribution in [0.5, 0.6) is 0 Å². The minimum Gasteiger partial charge on any atom is -0.423 e. The molecule has 1 N–H and O–H groups in total. The van der Waals surface area contributed by atoms with E-state index in [0.29, 0.717) is 11.3 Å². The predicted molar refractivity (Wildman–Crippen MR) is 101 cm³/mol. The Labute approximate surface area is 157 Å². The Balaban J connectivity index is 1.56. The number of tetrazole rings is 1. The minimum absolute atomic E-state index is 0.164. The van der Waals surface area contributed by atoms with Crippen LogP contribution in [-0.4, -0.2) is 26.1 Å². The maximum absolute atomic E-state index is 12.6. The van der Waals surface area contributed by atoms with Gasteiger partial charge in [0.2, 0.25) is 5.91 Å². The van der Waals surface area contributed by atoms with E-state index in [-0.39, 0.29) is 18.4 Å². The van der Waals surface area contributed by atoms with Crippen molar-refractivity contribution in [1.29, 1.82) is 0 Å². The van der Waals surface area contributed by atoms with Crippen LogP contribution in [0.4, 0.5) is 5.69 Å². The average Bonchev–Trinajstić information content (AvgIpc) is 3.33. The maximum atomic E-state index is 12.6. The van der Waals surface area contributed by atoms with Gasteiger partial charge in [0.25, 0.3) is 0 Å². The number of aryl methyl sites for hydroxylation is 1. The number of fused-ring (bicyclic) bond motifs is 1. The first-order chi connectivity index (χ1) is 13.1. The lowest BCUT2D eigenvalue weighted by atomic mass is 10.1. The Hall–Kier alpha value is -3.33. The molecule has 1 aromatic carbocycles. The van der Waals surface area contributed by atoms with Crippen molar-refractivity contribution in [3.63, 3.8) is 0 Å².